The second-order valence-corrected chi connectivity index (χ2v) is 9.83. The summed E-state index contributed by atoms with van der Waals surface area (Å²) in [6.07, 6.45) is 21.7. The monoisotopic (exact) mass is 486 g/mol. The summed E-state index contributed by atoms with van der Waals surface area (Å²) >= 11 is 0. The molecule has 0 bridgehead atoms. The van der Waals surface area contributed by atoms with Gasteiger partial charge in [-0.1, -0.05) is 119 Å². The molecule has 0 rings (SSSR count). The van der Waals surface area contributed by atoms with Gasteiger partial charge in [0.2, 0.25) is 0 Å². The molecule has 0 radical (unpaired) electrons. The number of carboxylic acid groups (broad SMARTS) is 1. The molecule has 0 aromatic rings. The standard InChI is InChI=1S/C10H20O2.C10H22O.C10H20O/c1-3-5-6-8-9(7-4-2)10(11)12;2*1-3-5-6-8-10(9-11)7-4-2/h9H,3-8H2,1-2H3,(H,11,12);10-11H,3-9H2,1-2H3;9-10H,3-8H2,1-2H3. The van der Waals surface area contributed by atoms with E-state index in [0.717, 1.165) is 57.7 Å². The molecule has 4 heteroatoms. The van der Waals surface area contributed by atoms with E-state index in [2.05, 4.69) is 34.6 Å². The van der Waals surface area contributed by atoms with Gasteiger partial charge < -0.3 is 15.0 Å². The average molecular weight is 487 g/mol. The van der Waals surface area contributed by atoms with Crippen LogP contribution in [0.25, 0.3) is 0 Å². The Labute approximate surface area is 213 Å². The van der Waals surface area contributed by atoms with E-state index in [4.69, 9.17) is 10.2 Å². The quantitative estimate of drug-likeness (QED) is 0.125. The maximum absolute atomic E-state index is 10.7. The topological polar surface area (TPSA) is 74.6 Å². The molecule has 0 saturated heterocycles. The molecule has 0 amide bonds. The van der Waals surface area contributed by atoms with Crippen LogP contribution in [0, 0.1) is 17.8 Å². The molecular weight excluding hydrogens is 424 g/mol. The summed E-state index contributed by atoms with van der Waals surface area (Å²) < 4.78 is 0. The van der Waals surface area contributed by atoms with Crippen molar-refractivity contribution in [3.05, 3.63) is 0 Å². The lowest BCUT2D eigenvalue weighted by Gasteiger charge is -2.11. The van der Waals surface area contributed by atoms with Crippen LogP contribution in [0.15, 0.2) is 0 Å². The van der Waals surface area contributed by atoms with Gasteiger partial charge in [0.25, 0.3) is 0 Å². The molecule has 0 fully saturated rings. The molecule has 0 aromatic heterocycles. The Morgan fingerprint density at radius 3 is 1.47 bits per heavy atom. The van der Waals surface area contributed by atoms with Gasteiger partial charge in [0, 0.05) is 12.5 Å². The molecule has 2 N–H and O–H groups in total. The zero-order valence-electron chi connectivity index (χ0n) is 24.0. The molecule has 0 spiro atoms. The molecule has 0 aliphatic carbocycles. The number of rotatable bonds is 21. The SMILES string of the molecule is CCCCCC(C=O)CCC.CCCCCC(CCC)C(=O)O.CCCCCC(CO)CCC. The first kappa shape index (κ1) is 37.6. The number of unbranched alkanes of at least 4 members (excludes halogenated alkanes) is 6. The highest BCUT2D eigenvalue weighted by Gasteiger charge is 2.14. The number of aliphatic hydroxyl groups is 1. The largest absolute Gasteiger partial charge is 0.481 e. The van der Waals surface area contributed by atoms with E-state index in [1.807, 2.05) is 6.92 Å². The van der Waals surface area contributed by atoms with E-state index >= 15 is 0 Å². The fraction of sp³-hybridized carbons (Fsp3) is 0.933. The lowest BCUT2D eigenvalue weighted by atomic mass is 9.97. The second kappa shape index (κ2) is 32.1. The van der Waals surface area contributed by atoms with E-state index in [1.54, 1.807) is 0 Å². The van der Waals surface area contributed by atoms with E-state index in [1.165, 1.54) is 64.2 Å². The van der Waals surface area contributed by atoms with Crippen molar-refractivity contribution < 1.29 is 19.8 Å². The van der Waals surface area contributed by atoms with Gasteiger partial charge in [0.05, 0.1) is 5.92 Å². The van der Waals surface area contributed by atoms with Crippen molar-refractivity contribution in [1.29, 1.82) is 0 Å². The number of hydrogen-bond acceptors (Lipinski definition) is 3. The zero-order chi connectivity index (χ0) is 26.5. The number of aliphatic hydroxyl groups excluding tert-OH is 1. The molecule has 0 aliphatic rings. The maximum atomic E-state index is 10.7. The van der Waals surface area contributed by atoms with E-state index in [9.17, 15) is 9.59 Å². The Hall–Kier alpha value is -0.900. The second-order valence-electron chi connectivity index (χ2n) is 9.83. The van der Waals surface area contributed by atoms with Crippen LogP contribution < -0.4 is 0 Å². The molecule has 0 heterocycles. The highest BCUT2D eigenvalue weighted by molar-refractivity contribution is 5.69. The predicted octanol–water partition coefficient (Wildman–Crippen LogP) is 9.22. The number of hydrogen-bond donors (Lipinski definition) is 2. The van der Waals surface area contributed by atoms with Crippen molar-refractivity contribution in [2.45, 2.75) is 157 Å². The molecule has 0 aliphatic heterocycles. The summed E-state index contributed by atoms with van der Waals surface area (Å²) in [6.45, 7) is 13.3. The predicted molar refractivity (Wildman–Crippen MR) is 148 cm³/mol. The number of aliphatic carboxylic acids is 1. The molecular formula is C30H62O4. The highest BCUT2D eigenvalue weighted by Crippen LogP contribution is 2.16. The molecule has 3 unspecified atom stereocenters. The van der Waals surface area contributed by atoms with Gasteiger partial charge in [-0.2, -0.15) is 0 Å². The lowest BCUT2D eigenvalue weighted by Crippen LogP contribution is -2.13. The minimum atomic E-state index is -0.618. The molecule has 0 aromatic carbocycles. The minimum Gasteiger partial charge on any atom is -0.481 e. The highest BCUT2D eigenvalue weighted by atomic mass is 16.4. The van der Waals surface area contributed by atoms with Crippen LogP contribution in [0.5, 0.6) is 0 Å². The van der Waals surface area contributed by atoms with Crippen molar-refractivity contribution in [3.63, 3.8) is 0 Å². The zero-order valence-corrected chi connectivity index (χ0v) is 24.0. The van der Waals surface area contributed by atoms with Gasteiger partial charge >= 0.3 is 5.97 Å². The van der Waals surface area contributed by atoms with E-state index in [-0.39, 0.29) is 5.92 Å². The van der Waals surface area contributed by atoms with Crippen LogP contribution >= 0.6 is 0 Å². The number of carboxylic acids is 1. The van der Waals surface area contributed by atoms with Crippen LogP contribution in [0.4, 0.5) is 0 Å². The van der Waals surface area contributed by atoms with Crippen LogP contribution in [-0.4, -0.2) is 29.1 Å². The van der Waals surface area contributed by atoms with Crippen molar-refractivity contribution in [2.75, 3.05) is 6.61 Å². The summed E-state index contributed by atoms with van der Waals surface area (Å²) in [5.41, 5.74) is 0. The van der Waals surface area contributed by atoms with Crippen LogP contribution in [-0.2, 0) is 9.59 Å². The normalized spacial score (nSPS) is 13.0. The van der Waals surface area contributed by atoms with Crippen LogP contribution in [0.3, 0.4) is 0 Å². The summed E-state index contributed by atoms with van der Waals surface area (Å²) in [6, 6.07) is 0. The van der Waals surface area contributed by atoms with E-state index < -0.39 is 5.97 Å². The van der Waals surface area contributed by atoms with Gasteiger partial charge in [-0.25, -0.2) is 0 Å². The fourth-order valence-corrected chi connectivity index (χ4v) is 4.11. The van der Waals surface area contributed by atoms with Crippen molar-refractivity contribution in [1.82, 2.24) is 0 Å². The number of carbonyl (C=O) groups is 2. The Kier molecular flexibility index (Phi) is 35.5. The molecule has 3 atom stereocenters. The van der Waals surface area contributed by atoms with Crippen LogP contribution in [0.1, 0.15) is 157 Å². The minimum absolute atomic E-state index is 0.0958. The van der Waals surface area contributed by atoms with Crippen LogP contribution in [0.2, 0.25) is 0 Å². The molecule has 34 heavy (non-hydrogen) atoms. The molecule has 206 valence electrons. The van der Waals surface area contributed by atoms with Gasteiger partial charge in [-0.05, 0) is 44.4 Å². The summed E-state index contributed by atoms with van der Waals surface area (Å²) in [5.74, 6) is 0.201. The Balaban J connectivity index is -0.000000425. The fourth-order valence-electron chi connectivity index (χ4n) is 4.11. The van der Waals surface area contributed by atoms with Gasteiger partial charge in [-0.3, -0.25) is 4.79 Å². The van der Waals surface area contributed by atoms with Gasteiger partial charge in [0.1, 0.15) is 6.29 Å². The first-order chi connectivity index (χ1) is 16.4. The van der Waals surface area contributed by atoms with Crippen molar-refractivity contribution in [2.24, 2.45) is 17.8 Å². The number of carbonyl (C=O) groups excluding carboxylic acids is 1. The first-order valence-electron chi connectivity index (χ1n) is 14.7. The third kappa shape index (κ3) is 29.1. The molecule has 4 nitrogen and oxygen atoms in total. The van der Waals surface area contributed by atoms with Crippen molar-refractivity contribution >= 4 is 12.3 Å². The smallest absolute Gasteiger partial charge is 0.306 e. The van der Waals surface area contributed by atoms with Gasteiger partial charge in [-0.15, -0.1) is 0 Å². The summed E-state index contributed by atoms with van der Waals surface area (Å²) in [4.78, 5) is 21.2. The van der Waals surface area contributed by atoms with E-state index in [0.29, 0.717) is 18.4 Å². The maximum Gasteiger partial charge on any atom is 0.306 e. The Bertz CT molecular complexity index is 397. The van der Waals surface area contributed by atoms with Crippen molar-refractivity contribution in [3.8, 4) is 0 Å². The summed E-state index contributed by atoms with van der Waals surface area (Å²) in [7, 11) is 0. The Morgan fingerprint density at radius 2 is 1.09 bits per heavy atom. The molecule has 0 saturated carbocycles. The van der Waals surface area contributed by atoms with Gasteiger partial charge in [0.15, 0.2) is 0 Å². The third-order valence-corrected chi connectivity index (χ3v) is 6.34. The third-order valence-electron chi connectivity index (χ3n) is 6.34. The average Bonchev–Trinajstić information content (AvgIpc) is 2.83. The first-order valence-corrected chi connectivity index (χ1v) is 14.7. The Morgan fingerprint density at radius 1 is 0.618 bits per heavy atom. The summed E-state index contributed by atoms with van der Waals surface area (Å²) in [5, 5.41) is 17.8. The lowest BCUT2D eigenvalue weighted by molar-refractivity contribution is -0.142. The number of aldehydes is 1.